The van der Waals surface area contributed by atoms with Crippen LogP contribution >= 0.6 is 0 Å². The van der Waals surface area contributed by atoms with Crippen molar-refractivity contribution < 1.29 is 28.6 Å². The highest BCUT2D eigenvalue weighted by atomic mass is 19.1. The van der Waals surface area contributed by atoms with E-state index in [1.54, 1.807) is 35.4 Å². The lowest BCUT2D eigenvalue weighted by Gasteiger charge is -2.29. The molecular formula is C28H26FN3O5. The Labute approximate surface area is 212 Å². The van der Waals surface area contributed by atoms with Gasteiger partial charge in [0, 0.05) is 30.4 Å². The second-order valence-electron chi connectivity index (χ2n) is 8.93. The molecule has 9 heteroatoms. The van der Waals surface area contributed by atoms with Crippen molar-refractivity contribution in [3.8, 4) is 11.5 Å². The van der Waals surface area contributed by atoms with Crippen LogP contribution in [0.25, 0.3) is 11.0 Å². The summed E-state index contributed by atoms with van der Waals surface area (Å²) < 4.78 is 26.1. The van der Waals surface area contributed by atoms with Gasteiger partial charge in [-0.05, 0) is 59.5 Å². The zero-order chi connectivity index (χ0) is 26.1. The predicted octanol–water partition coefficient (Wildman–Crippen LogP) is 4.07. The predicted molar refractivity (Wildman–Crippen MR) is 135 cm³/mol. The fourth-order valence-electron chi connectivity index (χ4n) is 4.98. The second-order valence-corrected chi connectivity index (χ2v) is 8.93. The van der Waals surface area contributed by atoms with Crippen LogP contribution in [0.5, 0.6) is 11.5 Å². The van der Waals surface area contributed by atoms with Crippen LogP contribution in [0.1, 0.15) is 32.7 Å². The highest BCUT2D eigenvalue weighted by molar-refractivity contribution is 5.94. The molecule has 5 rings (SSSR count). The van der Waals surface area contributed by atoms with Gasteiger partial charge in [0.05, 0.1) is 27.2 Å². The first-order valence-corrected chi connectivity index (χ1v) is 11.8. The molecule has 1 aliphatic heterocycles. The number of halogens is 1. The van der Waals surface area contributed by atoms with Crippen LogP contribution in [-0.4, -0.2) is 52.2 Å². The number of methoxy groups -OCH3 is 2. The zero-order valence-electron chi connectivity index (χ0n) is 20.5. The van der Waals surface area contributed by atoms with E-state index in [0.717, 1.165) is 22.3 Å². The Bertz CT molecular complexity index is 1470. The van der Waals surface area contributed by atoms with Crippen molar-refractivity contribution in [1.82, 2.24) is 14.5 Å². The smallest absolute Gasteiger partial charge is 0.343 e. The first kappa shape index (κ1) is 24.3. The number of carbonyl (C=O) groups excluding carboxylic acids is 1. The summed E-state index contributed by atoms with van der Waals surface area (Å²) in [6, 6.07) is 13.5. The topological polar surface area (TPSA) is 93.9 Å². The van der Waals surface area contributed by atoms with Crippen molar-refractivity contribution in [3.05, 3.63) is 88.5 Å². The summed E-state index contributed by atoms with van der Waals surface area (Å²) in [5.74, 6) is -1.27. The minimum Gasteiger partial charge on any atom is -0.496 e. The number of amides is 1. The molecular weight excluding hydrogens is 477 g/mol. The van der Waals surface area contributed by atoms with E-state index in [1.807, 2.05) is 12.1 Å². The molecule has 8 nitrogen and oxygen atoms in total. The summed E-state index contributed by atoms with van der Waals surface area (Å²) in [5, 5.41) is 10.6. The van der Waals surface area contributed by atoms with E-state index in [4.69, 9.17) is 9.47 Å². The van der Waals surface area contributed by atoms with Gasteiger partial charge in [0.1, 0.15) is 28.5 Å². The molecule has 0 fully saturated rings. The molecule has 0 aliphatic carbocycles. The van der Waals surface area contributed by atoms with Gasteiger partial charge in [-0.1, -0.05) is 12.1 Å². The van der Waals surface area contributed by atoms with Gasteiger partial charge in [-0.2, -0.15) is 0 Å². The molecule has 1 aliphatic rings. The van der Waals surface area contributed by atoms with E-state index in [0.29, 0.717) is 31.6 Å². The van der Waals surface area contributed by atoms with Crippen molar-refractivity contribution in [1.29, 1.82) is 0 Å². The number of hydrogen-bond acceptors (Lipinski definition) is 5. The van der Waals surface area contributed by atoms with Crippen LogP contribution in [0.4, 0.5) is 4.39 Å². The molecule has 1 N–H and O–H groups in total. The number of carboxylic acids is 1. The Morgan fingerprint density at radius 2 is 1.76 bits per heavy atom. The minimum absolute atomic E-state index is 0.0679. The number of ether oxygens (including phenoxy) is 2. The number of aromatic carboxylic acids is 1. The van der Waals surface area contributed by atoms with Crippen LogP contribution in [-0.2, 0) is 30.7 Å². The van der Waals surface area contributed by atoms with E-state index in [1.165, 1.54) is 31.9 Å². The third-order valence-electron chi connectivity index (χ3n) is 6.76. The number of fused-ring (bicyclic) bond motifs is 3. The van der Waals surface area contributed by atoms with Gasteiger partial charge < -0.3 is 24.0 Å². The molecule has 4 aromatic rings. The maximum atomic E-state index is 13.5. The van der Waals surface area contributed by atoms with E-state index < -0.39 is 5.97 Å². The number of pyridine rings is 1. The molecule has 0 spiro atoms. The first-order valence-electron chi connectivity index (χ1n) is 11.8. The van der Waals surface area contributed by atoms with Gasteiger partial charge in [-0.3, -0.25) is 4.79 Å². The Morgan fingerprint density at radius 1 is 1.05 bits per heavy atom. The summed E-state index contributed by atoms with van der Waals surface area (Å²) in [6.45, 7) is 1.47. The number of carboxylic acid groups (broad SMARTS) is 1. The molecule has 2 aromatic carbocycles. The average Bonchev–Trinajstić information content (AvgIpc) is 3.21. The van der Waals surface area contributed by atoms with Crippen molar-refractivity contribution in [2.24, 2.45) is 0 Å². The van der Waals surface area contributed by atoms with E-state index in [2.05, 4.69) is 9.55 Å². The number of rotatable bonds is 7. The van der Waals surface area contributed by atoms with Gasteiger partial charge in [0.2, 0.25) is 5.91 Å². The minimum atomic E-state index is -1.17. The third-order valence-corrected chi connectivity index (χ3v) is 6.76. The Balaban J connectivity index is 1.44. The normalized spacial score (nSPS) is 12.9. The maximum absolute atomic E-state index is 13.5. The number of nitrogens with zero attached hydrogens (tertiary/aromatic N) is 3. The molecule has 2 aromatic heterocycles. The highest BCUT2D eigenvalue weighted by Crippen LogP contribution is 2.33. The molecule has 1 amide bonds. The number of benzene rings is 2. The summed E-state index contributed by atoms with van der Waals surface area (Å²) >= 11 is 0. The van der Waals surface area contributed by atoms with Crippen LogP contribution in [0, 0.1) is 5.82 Å². The van der Waals surface area contributed by atoms with Gasteiger partial charge in [0.25, 0.3) is 0 Å². The van der Waals surface area contributed by atoms with E-state index >= 15 is 0 Å². The van der Waals surface area contributed by atoms with Crippen LogP contribution in [0.15, 0.2) is 54.7 Å². The van der Waals surface area contributed by atoms with Crippen molar-refractivity contribution in [3.63, 3.8) is 0 Å². The van der Waals surface area contributed by atoms with Gasteiger partial charge in [-0.15, -0.1) is 0 Å². The van der Waals surface area contributed by atoms with Gasteiger partial charge in [0.15, 0.2) is 0 Å². The third kappa shape index (κ3) is 4.60. The Hall–Kier alpha value is -4.40. The monoisotopic (exact) mass is 503 g/mol. The lowest BCUT2D eigenvalue weighted by Crippen LogP contribution is -2.37. The molecule has 3 heterocycles. The average molecular weight is 504 g/mol. The fraction of sp³-hybridized carbons (Fsp3) is 0.250. The first-order chi connectivity index (χ1) is 17.9. The maximum Gasteiger partial charge on any atom is 0.343 e. The molecule has 0 radical (unpaired) electrons. The molecule has 0 bridgehead atoms. The summed E-state index contributed by atoms with van der Waals surface area (Å²) in [5.41, 5.74) is 4.47. The van der Waals surface area contributed by atoms with Crippen LogP contribution < -0.4 is 9.47 Å². The van der Waals surface area contributed by atoms with Crippen LogP contribution in [0.3, 0.4) is 0 Å². The lowest BCUT2D eigenvalue weighted by atomic mass is 10.0. The largest absolute Gasteiger partial charge is 0.496 e. The summed E-state index contributed by atoms with van der Waals surface area (Å²) in [6.07, 6.45) is 2.50. The summed E-state index contributed by atoms with van der Waals surface area (Å²) in [4.78, 5) is 31.4. The number of carbonyl (C=O) groups is 2. The molecule has 0 saturated carbocycles. The number of aromatic nitrogens is 2. The van der Waals surface area contributed by atoms with E-state index in [9.17, 15) is 19.1 Å². The standard InChI is InChI=1S/C28H26FN3O5/c1-36-23-12-18(13-24(37-2)26(23)28(34)35)14-25(33)31-11-9-20-21-4-3-10-30-27(21)32(22(20)16-31)15-17-5-7-19(29)8-6-17/h3-8,10,12-13H,9,11,14-16H2,1-2H3,(H,34,35). The fourth-order valence-corrected chi connectivity index (χ4v) is 4.98. The lowest BCUT2D eigenvalue weighted by molar-refractivity contribution is -0.131. The van der Waals surface area contributed by atoms with Crippen molar-refractivity contribution in [2.75, 3.05) is 20.8 Å². The van der Waals surface area contributed by atoms with Crippen molar-refractivity contribution in [2.45, 2.75) is 25.9 Å². The highest BCUT2D eigenvalue weighted by Gasteiger charge is 2.28. The number of hydrogen-bond donors (Lipinski definition) is 1. The Kier molecular flexibility index (Phi) is 6.52. The molecule has 0 atom stereocenters. The van der Waals surface area contributed by atoms with E-state index in [-0.39, 0.29) is 35.2 Å². The SMILES string of the molecule is COc1cc(CC(=O)N2CCc3c(n(Cc4ccc(F)cc4)c4ncccc34)C2)cc(OC)c1C(=O)O. The quantitative estimate of drug-likeness (QED) is 0.409. The van der Waals surface area contributed by atoms with Gasteiger partial charge >= 0.3 is 5.97 Å². The molecule has 190 valence electrons. The molecule has 0 saturated heterocycles. The zero-order valence-corrected chi connectivity index (χ0v) is 20.5. The van der Waals surface area contributed by atoms with Crippen molar-refractivity contribution >= 4 is 22.9 Å². The van der Waals surface area contributed by atoms with Crippen LogP contribution in [0.2, 0.25) is 0 Å². The molecule has 0 unspecified atom stereocenters. The Morgan fingerprint density at radius 3 is 2.41 bits per heavy atom. The molecule has 37 heavy (non-hydrogen) atoms. The second kappa shape index (κ2) is 9.93. The summed E-state index contributed by atoms with van der Waals surface area (Å²) in [7, 11) is 2.76. The van der Waals surface area contributed by atoms with Gasteiger partial charge in [-0.25, -0.2) is 14.2 Å².